The second kappa shape index (κ2) is 5.87. The summed E-state index contributed by atoms with van der Waals surface area (Å²) in [7, 11) is 0. The van der Waals surface area contributed by atoms with Crippen LogP contribution in [-0.2, 0) is 6.42 Å². The fraction of sp³-hybridized carbons (Fsp3) is 0.0667. The summed E-state index contributed by atoms with van der Waals surface area (Å²) in [6.45, 7) is 0. The van der Waals surface area contributed by atoms with E-state index in [0.29, 0.717) is 34.4 Å². The number of hydrogen-bond donors (Lipinski definition) is 1. The van der Waals surface area contributed by atoms with E-state index in [2.05, 4.69) is 26.1 Å². The first-order valence-corrected chi connectivity index (χ1v) is 7.42. The van der Waals surface area contributed by atoms with Crippen LogP contribution in [0.1, 0.15) is 11.4 Å². The largest absolute Gasteiger partial charge is 0.397 e. The third-order valence-electron chi connectivity index (χ3n) is 3.00. The molecule has 0 atom stereocenters. The minimum absolute atomic E-state index is 0.375. The number of nitrogen functional groups attached to an aromatic ring is 1. The van der Waals surface area contributed by atoms with Crippen LogP contribution in [-0.4, -0.2) is 10.1 Å². The molecule has 21 heavy (non-hydrogen) atoms. The Kier molecular flexibility index (Phi) is 3.94. The molecule has 6 heteroatoms. The zero-order valence-corrected chi connectivity index (χ0v) is 13.2. The van der Waals surface area contributed by atoms with Gasteiger partial charge < -0.3 is 10.3 Å². The maximum atomic E-state index is 6.00. The molecule has 0 aliphatic heterocycles. The van der Waals surface area contributed by atoms with Crippen molar-refractivity contribution in [2.45, 2.75) is 6.42 Å². The number of aromatic nitrogens is 2. The minimum atomic E-state index is 0.375. The predicted molar refractivity (Wildman–Crippen MR) is 86.1 cm³/mol. The molecule has 4 nitrogen and oxygen atoms in total. The summed E-state index contributed by atoms with van der Waals surface area (Å²) in [5.74, 6) is 0.975. The first kappa shape index (κ1) is 14.1. The van der Waals surface area contributed by atoms with Crippen LogP contribution in [0.4, 0.5) is 5.69 Å². The number of benzene rings is 2. The molecule has 0 radical (unpaired) electrons. The summed E-state index contributed by atoms with van der Waals surface area (Å²) in [5, 5.41) is 4.46. The predicted octanol–water partition coefficient (Wildman–Crippen LogP) is 4.33. The zero-order valence-electron chi connectivity index (χ0n) is 10.9. The number of nitrogens with zero attached hydrogens (tertiary/aromatic N) is 2. The highest BCUT2D eigenvalue weighted by atomic mass is 79.9. The van der Waals surface area contributed by atoms with Gasteiger partial charge in [-0.15, -0.1) is 0 Å². The van der Waals surface area contributed by atoms with Crippen molar-refractivity contribution >= 4 is 33.2 Å². The fourth-order valence-electron chi connectivity index (χ4n) is 1.99. The Hall–Kier alpha value is -1.85. The summed E-state index contributed by atoms with van der Waals surface area (Å²) in [5.41, 5.74) is 8.11. The van der Waals surface area contributed by atoms with E-state index in [1.165, 1.54) is 0 Å². The lowest BCUT2D eigenvalue weighted by atomic mass is 10.1. The van der Waals surface area contributed by atoms with Gasteiger partial charge in [0.1, 0.15) is 0 Å². The van der Waals surface area contributed by atoms with Gasteiger partial charge in [-0.25, -0.2) is 0 Å². The van der Waals surface area contributed by atoms with Crippen molar-refractivity contribution in [3.8, 4) is 11.5 Å². The van der Waals surface area contributed by atoms with Crippen LogP contribution in [0.25, 0.3) is 11.5 Å². The number of rotatable bonds is 3. The molecule has 0 bridgehead atoms. The van der Waals surface area contributed by atoms with Gasteiger partial charge in [0.2, 0.25) is 0 Å². The highest BCUT2D eigenvalue weighted by Crippen LogP contribution is 2.30. The van der Waals surface area contributed by atoms with Gasteiger partial charge in [0.15, 0.2) is 5.82 Å². The SMILES string of the molecule is Nc1c(Cl)cccc1-c1nc(Cc2cccc(Br)c2)no1. The van der Waals surface area contributed by atoms with Crippen molar-refractivity contribution in [3.63, 3.8) is 0 Å². The van der Waals surface area contributed by atoms with Crippen LogP contribution in [0.5, 0.6) is 0 Å². The fourth-order valence-corrected chi connectivity index (χ4v) is 2.61. The normalized spacial score (nSPS) is 10.8. The average molecular weight is 365 g/mol. The van der Waals surface area contributed by atoms with Gasteiger partial charge in [-0.2, -0.15) is 4.98 Å². The molecule has 1 aromatic heterocycles. The second-order valence-corrected chi connectivity index (χ2v) is 5.85. The third-order valence-corrected chi connectivity index (χ3v) is 3.83. The molecular weight excluding hydrogens is 354 g/mol. The zero-order chi connectivity index (χ0) is 14.8. The molecule has 0 saturated carbocycles. The second-order valence-electron chi connectivity index (χ2n) is 4.52. The molecule has 0 saturated heterocycles. The molecule has 0 unspecified atom stereocenters. The average Bonchev–Trinajstić information content (AvgIpc) is 2.90. The first-order valence-electron chi connectivity index (χ1n) is 6.25. The highest BCUT2D eigenvalue weighted by molar-refractivity contribution is 9.10. The Morgan fingerprint density at radius 1 is 1.19 bits per heavy atom. The Balaban J connectivity index is 1.88. The quantitative estimate of drug-likeness (QED) is 0.703. The topological polar surface area (TPSA) is 64.9 Å². The van der Waals surface area contributed by atoms with Crippen LogP contribution in [0, 0.1) is 0 Å². The molecule has 3 aromatic rings. The maximum Gasteiger partial charge on any atom is 0.260 e. The van der Waals surface area contributed by atoms with Crippen molar-refractivity contribution < 1.29 is 4.52 Å². The lowest BCUT2D eigenvalue weighted by Gasteiger charge is -2.01. The smallest absolute Gasteiger partial charge is 0.260 e. The van der Waals surface area contributed by atoms with Crippen molar-refractivity contribution in [2.24, 2.45) is 0 Å². The molecular formula is C15H11BrClN3O. The van der Waals surface area contributed by atoms with Crippen LogP contribution in [0.2, 0.25) is 5.02 Å². The Morgan fingerprint density at radius 2 is 2.00 bits per heavy atom. The Bertz CT molecular complexity index is 788. The van der Waals surface area contributed by atoms with Crippen molar-refractivity contribution in [3.05, 3.63) is 63.3 Å². The van der Waals surface area contributed by atoms with Gasteiger partial charge in [0, 0.05) is 10.9 Å². The van der Waals surface area contributed by atoms with E-state index < -0.39 is 0 Å². The van der Waals surface area contributed by atoms with Crippen LogP contribution in [0.15, 0.2) is 51.5 Å². The molecule has 0 spiro atoms. The number of nitrogens with two attached hydrogens (primary N) is 1. The van der Waals surface area contributed by atoms with Gasteiger partial charge in [-0.05, 0) is 29.8 Å². The third kappa shape index (κ3) is 3.09. The lowest BCUT2D eigenvalue weighted by molar-refractivity contribution is 0.424. The Morgan fingerprint density at radius 3 is 2.81 bits per heavy atom. The van der Waals surface area contributed by atoms with Crippen LogP contribution >= 0.6 is 27.5 Å². The van der Waals surface area contributed by atoms with E-state index in [-0.39, 0.29) is 0 Å². The Labute approximate surface area is 135 Å². The van der Waals surface area contributed by atoms with Crippen molar-refractivity contribution in [1.82, 2.24) is 10.1 Å². The standard InChI is InChI=1S/C15H11BrClN3O/c16-10-4-1-3-9(7-10)8-13-19-15(21-20-13)11-5-2-6-12(17)14(11)18/h1-7H,8,18H2. The van der Waals surface area contributed by atoms with Gasteiger partial charge >= 0.3 is 0 Å². The summed E-state index contributed by atoms with van der Waals surface area (Å²) in [6.07, 6.45) is 0.587. The number of hydrogen-bond acceptors (Lipinski definition) is 4. The van der Waals surface area contributed by atoms with Crippen LogP contribution in [0.3, 0.4) is 0 Å². The molecule has 2 aromatic carbocycles. The van der Waals surface area contributed by atoms with E-state index in [1.807, 2.05) is 24.3 Å². The number of anilines is 1. The molecule has 106 valence electrons. The molecule has 0 aliphatic carbocycles. The van der Waals surface area contributed by atoms with Gasteiger partial charge in [-0.1, -0.05) is 50.9 Å². The number of halogens is 2. The summed E-state index contributed by atoms with van der Waals surface area (Å²) >= 11 is 9.44. The van der Waals surface area contributed by atoms with Crippen molar-refractivity contribution in [1.29, 1.82) is 0 Å². The van der Waals surface area contributed by atoms with Gasteiger partial charge in [0.25, 0.3) is 5.89 Å². The number of para-hydroxylation sites is 1. The van der Waals surface area contributed by atoms with E-state index in [0.717, 1.165) is 10.0 Å². The molecule has 0 amide bonds. The molecule has 3 rings (SSSR count). The van der Waals surface area contributed by atoms with Gasteiger partial charge in [0.05, 0.1) is 16.3 Å². The monoisotopic (exact) mass is 363 g/mol. The van der Waals surface area contributed by atoms with E-state index >= 15 is 0 Å². The molecule has 2 N–H and O–H groups in total. The highest BCUT2D eigenvalue weighted by Gasteiger charge is 2.13. The molecule has 1 heterocycles. The van der Waals surface area contributed by atoms with E-state index in [4.69, 9.17) is 21.9 Å². The minimum Gasteiger partial charge on any atom is -0.397 e. The summed E-state index contributed by atoms with van der Waals surface area (Å²) < 4.78 is 6.29. The molecule has 0 aliphatic rings. The molecule has 0 fully saturated rings. The van der Waals surface area contributed by atoms with E-state index in [1.54, 1.807) is 18.2 Å². The lowest BCUT2D eigenvalue weighted by Crippen LogP contribution is -1.93. The first-order chi connectivity index (χ1) is 10.1. The van der Waals surface area contributed by atoms with Crippen LogP contribution < -0.4 is 5.73 Å². The van der Waals surface area contributed by atoms with Gasteiger partial charge in [-0.3, -0.25) is 0 Å². The summed E-state index contributed by atoms with van der Waals surface area (Å²) in [4.78, 5) is 4.38. The van der Waals surface area contributed by atoms with Crippen molar-refractivity contribution in [2.75, 3.05) is 5.73 Å². The summed E-state index contributed by atoms with van der Waals surface area (Å²) in [6, 6.07) is 13.3. The maximum absolute atomic E-state index is 6.00. The van der Waals surface area contributed by atoms with E-state index in [9.17, 15) is 0 Å².